The molecule has 0 aliphatic rings. The largest absolute Gasteiger partial charge is 0.405 e. The summed E-state index contributed by atoms with van der Waals surface area (Å²) in [7, 11) is 0. The van der Waals surface area contributed by atoms with Crippen molar-refractivity contribution in [1.82, 2.24) is 10.3 Å². The molecular weight excluding hydrogens is 265 g/mol. The molecule has 9 heteroatoms. The van der Waals surface area contributed by atoms with Gasteiger partial charge in [-0.1, -0.05) is 0 Å². The molecule has 0 atom stereocenters. The van der Waals surface area contributed by atoms with Gasteiger partial charge in [-0.2, -0.15) is 13.2 Å². The van der Waals surface area contributed by atoms with Crippen LogP contribution in [0.2, 0.25) is 0 Å². The number of aliphatic hydroxyl groups is 1. The Morgan fingerprint density at radius 1 is 1.26 bits per heavy atom. The molecule has 2 aromatic rings. The van der Waals surface area contributed by atoms with Crippen molar-refractivity contribution in [3.63, 3.8) is 0 Å². The second-order valence-electron chi connectivity index (χ2n) is 3.90. The summed E-state index contributed by atoms with van der Waals surface area (Å²) in [6, 6.07) is 2.81. The summed E-state index contributed by atoms with van der Waals surface area (Å²) in [4.78, 5) is 0.950. The van der Waals surface area contributed by atoms with Gasteiger partial charge in [0.05, 0.1) is 18.0 Å². The van der Waals surface area contributed by atoms with Gasteiger partial charge in [0.2, 0.25) is 0 Å². The number of hydrogen-bond donors (Lipinski definition) is 2. The average Bonchev–Trinajstić information content (AvgIpc) is 2.77. The highest BCUT2D eigenvalue weighted by molar-refractivity contribution is 5.95. The third-order valence-corrected chi connectivity index (χ3v) is 2.51. The van der Waals surface area contributed by atoms with Crippen LogP contribution in [0.1, 0.15) is 0 Å². The lowest BCUT2D eigenvalue weighted by atomic mass is 10.2. The summed E-state index contributed by atoms with van der Waals surface area (Å²) in [5.74, 6) is 0. The Kier molecular flexibility index (Phi) is 3.47. The molecule has 0 saturated heterocycles. The van der Waals surface area contributed by atoms with E-state index in [1.807, 2.05) is 0 Å². The van der Waals surface area contributed by atoms with Crippen molar-refractivity contribution in [2.45, 2.75) is 6.18 Å². The maximum atomic E-state index is 12.5. The molecule has 1 aromatic carbocycles. The first-order valence-corrected chi connectivity index (χ1v) is 5.35. The minimum Gasteiger partial charge on any atom is -0.397 e. The van der Waals surface area contributed by atoms with Gasteiger partial charge in [-0.15, -0.1) is 0 Å². The van der Waals surface area contributed by atoms with Crippen LogP contribution in [0.15, 0.2) is 16.8 Å². The van der Waals surface area contributed by atoms with Gasteiger partial charge in [0.15, 0.2) is 11.0 Å². The molecule has 19 heavy (non-hydrogen) atoms. The summed E-state index contributed by atoms with van der Waals surface area (Å²) in [6.45, 7) is -1.82. The number of alkyl halides is 3. The predicted molar refractivity (Wildman–Crippen MR) is 61.6 cm³/mol. The van der Waals surface area contributed by atoms with Gasteiger partial charge in [-0.25, -0.2) is 4.63 Å². The van der Waals surface area contributed by atoms with Crippen LogP contribution in [0.25, 0.3) is 11.0 Å². The third-order valence-electron chi connectivity index (χ3n) is 2.51. The first-order valence-electron chi connectivity index (χ1n) is 5.35. The zero-order valence-electron chi connectivity index (χ0n) is 9.68. The van der Waals surface area contributed by atoms with Crippen LogP contribution in [0.4, 0.5) is 24.5 Å². The quantitative estimate of drug-likeness (QED) is 0.815. The lowest BCUT2D eigenvalue weighted by molar-refractivity contribution is -0.119. The van der Waals surface area contributed by atoms with Crippen LogP contribution in [0.3, 0.4) is 0 Å². The van der Waals surface area contributed by atoms with Crippen molar-refractivity contribution in [1.29, 1.82) is 0 Å². The van der Waals surface area contributed by atoms with Gasteiger partial charge in [-0.3, -0.25) is 0 Å². The second-order valence-corrected chi connectivity index (χ2v) is 3.90. The average molecular weight is 276 g/mol. The molecule has 1 heterocycles. The van der Waals surface area contributed by atoms with E-state index in [1.54, 1.807) is 0 Å². The Labute approximate surface area is 105 Å². The molecule has 0 aliphatic heterocycles. The molecule has 0 fully saturated rings. The third kappa shape index (κ3) is 2.87. The fourth-order valence-corrected chi connectivity index (χ4v) is 1.75. The Morgan fingerprint density at radius 2 is 1.95 bits per heavy atom. The van der Waals surface area contributed by atoms with Crippen molar-refractivity contribution < 1.29 is 22.9 Å². The summed E-state index contributed by atoms with van der Waals surface area (Å²) < 4.78 is 42.0. The van der Waals surface area contributed by atoms with Crippen molar-refractivity contribution in [3.05, 3.63) is 12.1 Å². The molecule has 1 aromatic heterocycles. The van der Waals surface area contributed by atoms with Crippen molar-refractivity contribution in [2.24, 2.45) is 0 Å². The Morgan fingerprint density at radius 3 is 2.58 bits per heavy atom. The van der Waals surface area contributed by atoms with Crippen LogP contribution < -0.4 is 10.6 Å². The highest BCUT2D eigenvalue weighted by atomic mass is 19.4. The molecule has 0 unspecified atom stereocenters. The van der Waals surface area contributed by atoms with Crippen molar-refractivity contribution in [3.8, 4) is 0 Å². The van der Waals surface area contributed by atoms with Gasteiger partial charge in [-0.05, 0) is 22.4 Å². The molecule has 2 rings (SSSR count). The number of hydrogen-bond acceptors (Lipinski definition) is 6. The minimum absolute atomic E-state index is 0.137. The van der Waals surface area contributed by atoms with Crippen LogP contribution in [0.5, 0.6) is 0 Å². The molecular formula is C10H11F3N4O2. The number of benzene rings is 1. The fraction of sp³-hybridized carbons (Fsp3) is 0.400. The minimum atomic E-state index is -4.40. The molecule has 0 bridgehead atoms. The van der Waals surface area contributed by atoms with E-state index in [2.05, 4.69) is 14.9 Å². The van der Waals surface area contributed by atoms with Gasteiger partial charge in [0.25, 0.3) is 0 Å². The number of anilines is 2. The highest BCUT2D eigenvalue weighted by Crippen LogP contribution is 2.30. The summed E-state index contributed by atoms with van der Waals surface area (Å²) in [6.07, 6.45) is -4.40. The maximum Gasteiger partial charge on any atom is 0.405 e. The molecule has 0 amide bonds. The highest BCUT2D eigenvalue weighted by Gasteiger charge is 2.32. The van der Waals surface area contributed by atoms with Crippen LogP contribution in [-0.2, 0) is 0 Å². The zero-order chi connectivity index (χ0) is 14.0. The summed E-state index contributed by atoms with van der Waals surface area (Å²) in [5.41, 5.74) is 6.38. The van der Waals surface area contributed by atoms with Gasteiger partial charge in [0.1, 0.15) is 6.54 Å². The molecule has 3 N–H and O–H groups in total. The molecule has 104 valence electrons. The summed E-state index contributed by atoms with van der Waals surface area (Å²) in [5, 5.41) is 16.0. The van der Waals surface area contributed by atoms with E-state index >= 15 is 0 Å². The van der Waals surface area contributed by atoms with Crippen LogP contribution in [0, 0.1) is 0 Å². The van der Waals surface area contributed by atoms with E-state index in [0.29, 0.717) is 0 Å². The number of rotatable bonds is 4. The Balaban J connectivity index is 2.44. The van der Waals surface area contributed by atoms with Crippen molar-refractivity contribution in [2.75, 3.05) is 30.3 Å². The van der Waals surface area contributed by atoms with Gasteiger partial charge in [0, 0.05) is 6.54 Å². The Hall–Kier alpha value is -2.03. The number of nitrogens with zero attached hydrogens (tertiary/aromatic N) is 3. The number of aliphatic hydroxyl groups excluding tert-OH is 1. The van der Waals surface area contributed by atoms with E-state index < -0.39 is 19.3 Å². The van der Waals surface area contributed by atoms with Gasteiger partial charge >= 0.3 is 6.18 Å². The van der Waals surface area contributed by atoms with Gasteiger partial charge < -0.3 is 15.7 Å². The van der Waals surface area contributed by atoms with E-state index in [4.69, 9.17) is 10.8 Å². The second kappa shape index (κ2) is 4.92. The van der Waals surface area contributed by atoms with Crippen molar-refractivity contribution >= 4 is 22.4 Å². The number of nitrogens with two attached hydrogens (primary N) is 1. The smallest absolute Gasteiger partial charge is 0.397 e. The first kappa shape index (κ1) is 13.4. The lowest BCUT2D eigenvalue weighted by Crippen LogP contribution is -2.36. The van der Waals surface area contributed by atoms with E-state index in [1.165, 1.54) is 12.1 Å². The Bertz CT molecular complexity index is 569. The number of nitrogen functional groups attached to an aromatic ring is 1. The normalized spacial score (nSPS) is 12.0. The van der Waals surface area contributed by atoms with E-state index in [-0.39, 0.29) is 29.0 Å². The first-order chi connectivity index (χ1) is 8.92. The monoisotopic (exact) mass is 276 g/mol. The summed E-state index contributed by atoms with van der Waals surface area (Å²) >= 11 is 0. The number of halogens is 3. The molecule has 0 radical (unpaired) electrons. The van der Waals surface area contributed by atoms with Crippen LogP contribution in [-0.4, -0.2) is 41.3 Å². The standard InChI is InChI=1S/C10H11F3N4O2/c11-10(12,13)5-17(3-4-18)7-2-1-6(14)8-9(7)16-19-15-8/h1-2,18H,3-5,14H2. The predicted octanol–water partition coefficient (Wildman–Crippen LogP) is 1.17. The van der Waals surface area contributed by atoms with E-state index in [9.17, 15) is 13.2 Å². The molecule has 0 saturated carbocycles. The number of aromatic nitrogens is 2. The molecule has 0 spiro atoms. The zero-order valence-corrected chi connectivity index (χ0v) is 9.68. The lowest BCUT2D eigenvalue weighted by Gasteiger charge is -2.25. The SMILES string of the molecule is Nc1ccc(N(CCO)CC(F)(F)F)c2nonc12. The van der Waals surface area contributed by atoms with E-state index in [0.717, 1.165) is 4.90 Å². The number of fused-ring (bicyclic) bond motifs is 1. The molecule has 6 nitrogen and oxygen atoms in total. The maximum absolute atomic E-state index is 12.5. The fourth-order valence-electron chi connectivity index (χ4n) is 1.75. The topological polar surface area (TPSA) is 88.4 Å². The van der Waals surface area contributed by atoms with Crippen LogP contribution >= 0.6 is 0 Å². The molecule has 0 aliphatic carbocycles.